The van der Waals surface area contributed by atoms with Crippen LogP contribution in [0.15, 0.2) is 12.4 Å². The fraction of sp³-hybridized carbons (Fsp3) is 0.750. The monoisotopic (exact) mass is 223 g/mol. The average molecular weight is 223 g/mol. The fourth-order valence-electron chi connectivity index (χ4n) is 2.12. The zero-order valence-corrected chi connectivity index (χ0v) is 10.1. The average Bonchev–Trinajstić information content (AvgIpc) is 2.90. The van der Waals surface area contributed by atoms with Crippen LogP contribution in [0.5, 0.6) is 0 Å². The van der Waals surface area contributed by atoms with Gasteiger partial charge in [0.25, 0.3) is 0 Å². The molecule has 2 atom stereocenters. The highest BCUT2D eigenvalue weighted by atomic mass is 16.5. The molecule has 1 aromatic heterocycles. The Labute approximate surface area is 97.0 Å². The molecule has 1 N–H and O–H groups in total. The van der Waals surface area contributed by atoms with Gasteiger partial charge in [-0.2, -0.15) is 5.10 Å². The van der Waals surface area contributed by atoms with Gasteiger partial charge in [0.2, 0.25) is 0 Å². The van der Waals surface area contributed by atoms with Gasteiger partial charge in [0.15, 0.2) is 0 Å². The van der Waals surface area contributed by atoms with Crippen LogP contribution in [0.1, 0.15) is 38.3 Å². The van der Waals surface area contributed by atoms with Crippen molar-refractivity contribution in [2.45, 2.75) is 45.4 Å². The lowest BCUT2D eigenvalue weighted by atomic mass is 10.2. The predicted molar refractivity (Wildman–Crippen MR) is 63.3 cm³/mol. The predicted octanol–water partition coefficient (Wildman–Crippen LogP) is 1.73. The Morgan fingerprint density at radius 1 is 1.69 bits per heavy atom. The molecular weight excluding hydrogens is 202 g/mol. The quantitative estimate of drug-likeness (QED) is 0.826. The van der Waals surface area contributed by atoms with Gasteiger partial charge in [-0.3, -0.25) is 4.68 Å². The molecule has 4 nitrogen and oxygen atoms in total. The molecule has 1 aliphatic heterocycles. The summed E-state index contributed by atoms with van der Waals surface area (Å²) in [7, 11) is 0. The SMILES string of the molecule is CCNC(C)c1cnn(CC2CCCO2)c1. The summed E-state index contributed by atoms with van der Waals surface area (Å²) in [5.74, 6) is 0. The molecule has 2 unspecified atom stereocenters. The maximum absolute atomic E-state index is 5.60. The molecule has 1 fully saturated rings. The van der Waals surface area contributed by atoms with Crippen molar-refractivity contribution < 1.29 is 4.74 Å². The van der Waals surface area contributed by atoms with Crippen LogP contribution in [0, 0.1) is 0 Å². The second kappa shape index (κ2) is 5.46. The Kier molecular flexibility index (Phi) is 3.96. The Morgan fingerprint density at radius 2 is 2.56 bits per heavy atom. The van der Waals surface area contributed by atoms with Crippen LogP contribution in [-0.4, -0.2) is 29.0 Å². The summed E-state index contributed by atoms with van der Waals surface area (Å²) in [6, 6.07) is 0.378. The van der Waals surface area contributed by atoms with Crippen LogP contribution in [-0.2, 0) is 11.3 Å². The summed E-state index contributed by atoms with van der Waals surface area (Å²) >= 11 is 0. The van der Waals surface area contributed by atoms with Gasteiger partial charge in [-0.25, -0.2) is 0 Å². The van der Waals surface area contributed by atoms with Gasteiger partial charge in [0.1, 0.15) is 0 Å². The van der Waals surface area contributed by atoms with Crippen molar-refractivity contribution in [2.24, 2.45) is 0 Å². The Hall–Kier alpha value is -0.870. The minimum absolute atomic E-state index is 0.363. The molecule has 2 rings (SSSR count). The van der Waals surface area contributed by atoms with Crippen molar-refractivity contribution in [1.29, 1.82) is 0 Å². The highest BCUT2D eigenvalue weighted by Crippen LogP contribution is 2.15. The molecular formula is C12H21N3O. The minimum atomic E-state index is 0.363. The van der Waals surface area contributed by atoms with Crippen LogP contribution in [0.3, 0.4) is 0 Å². The van der Waals surface area contributed by atoms with E-state index in [0.29, 0.717) is 12.1 Å². The maximum Gasteiger partial charge on any atom is 0.0771 e. The van der Waals surface area contributed by atoms with Crippen molar-refractivity contribution in [3.8, 4) is 0 Å². The highest BCUT2D eigenvalue weighted by Gasteiger charge is 2.16. The number of aromatic nitrogens is 2. The van der Waals surface area contributed by atoms with Crippen LogP contribution >= 0.6 is 0 Å². The Bertz CT molecular complexity index is 318. The molecule has 1 aromatic rings. The van der Waals surface area contributed by atoms with Crippen molar-refractivity contribution in [2.75, 3.05) is 13.2 Å². The first-order valence-corrected chi connectivity index (χ1v) is 6.17. The summed E-state index contributed by atoms with van der Waals surface area (Å²) in [6.45, 7) is 7.06. The smallest absolute Gasteiger partial charge is 0.0771 e. The molecule has 0 aliphatic carbocycles. The molecule has 0 aromatic carbocycles. The lowest BCUT2D eigenvalue weighted by Crippen LogP contribution is -2.17. The van der Waals surface area contributed by atoms with E-state index in [0.717, 1.165) is 26.1 Å². The van der Waals surface area contributed by atoms with Gasteiger partial charge in [0.05, 0.1) is 18.8 Å². The molecule has 4 heteroatoms. The highest BCUT2D eigenvalue weighted by molar-refractivity contribution is 5.09. The summed E-state index contributed by atoms with van der Waals surface area (Å²) < 4.78 is 7.60. The van der Waals surface area contributed by atoms with Crippen LogP contribution in [0.25, 0.3) is 0 Å². The summed E-state index contributed by atoms with van der Waals surface area (Å²) in [5, 5.41) is 7.76. The molecule has 2 heterocycles. The van der Waals surface area contributed by atoms with E-state index in [1.54, 1.807) is 0 Å². The van der Waals surface area contributed by atoms with E-state index in [9.17, 15) is 0 Å². The van der Waals surface area contributed by atoms with E-state index >= 15 is 0 Å². The molecule has 0 bridgehead atoms. The second-order valence-corrected chi connectivity index (χ2v) is 4.41. The topological polar surface area (TPSA) is 39.1 Å². The third kappa shape index (κ3) is 2.83. The van der Waals surface area contributed by atoms with Gasteiger partial charge in [-0.15, -0.1) is 0 Å². The summed E-state index contributed by atoms with van der Waals surface area (Å²) in [5.41, 5.74) is 1.25. The van der Waals surface area contributed by atoms with E-state index in [-0.39, 0.29) is 0 Å². The zero-order valence-electron chi connectivity index (χ0n) is 10.1. The van der Waals surface area contributed by atoms with E-state index in [1.165, 1.54) is 12.0 Å². The molecule has 90 valence electrons. The van der Waals surface area contributed by atoms with Gasteiger partial charge in [-0.1, -0.05) is 6.92 Å². The first-order chi connectivity index (χ1) is 7.79. The first kappa shape index (κ1) is 11.6. The number of nitrogens with one attached hydrogen (secondary N) is 1. The van der Waals surface area contributed by atoms with Crippen LogP contribution in [0.2, 0.25) is 0 Å². The minimum Gasteiger partial charge on any atom is -0.376 e. The number of rotatable bonds is 5. The standard InChI is InChI=1S/C12H21N3O/c1-3-13-10(2)11-7-14-15(8-11)9-12-5-4-6-16-12/h7-8,10,12-13H,3-6,9H2,1-2H3. The van der Waals surface area contributed by atoms with Crippen molar-refractivity contribution in [3.63, 3.8) is 0 Å². The van der Waals surface area contributed by atoms with E-state index in [2.05, 4.69) is 30.5 Å². The third-order valence-corrected chi connectivity index (χ3v) is 3.08. The van der Waals surface area contributed by atoms with Crippen molar-refractivity contribution in [3.05, 3.63) is 18.0 Å². The molecule has 0 spiro atoms. The van der Waals surface area contributed by atoms with Crippen molar-refractivity contribution in [1.82, 2.24) is 15.1 Å². The van der Waals surface area contributed by atoms with E-state index < -0.39 is 0 Å². The summed E-state index contributed by atoms with van der Waals surface area (Å²) in [4.78, 5) is 0. The van der Waals surface area contributed by atoms with Gasteiger partial charge in [-0.05, 0) is 26.3 Å². The van der Waals surface area contributed by atoms with E-state index in [1.807, 2.05) is 10.9 Å². The van der Waals surface area contributed by atoms with Gasteiger partial charge >= 0.3 is 0 Å². The second-order valence-electron chi connectivity index (χ2n) is 4.41. The van der Waals surface area contributed by atoms with Gasteiger partial charge < -0.3 is 10.1 Å². The molecule has 1 aliphatic rings. The number of nitrogens with zero attached hydrogens (tertiary/aromatic N) is 2. The molecule has 1 saturated heterocycles. The lowest BCUT2D eigenvalue weighted by Gasteiger charge is -2.10. The lowest BCUT2D eigenvalue weighted by molar-refractivity contribution is 0.0940. The zero-order chi connectivity index (χ0) is 11.4. The number of ether oxygens (including phenoxy) is 1. The third-order valence-electron chi connectivity index (χ3n) is 3.08. The largest absolute Gasteiger partial charge is 0.376 e. The molecule has 0 amide bonds. The van der Waals surface area contributed by atoms with E-state index in [4.69, 9.17) is 4.74 Å². The molecule has 0 saturated carbocycles. The Balaban J connectivity index is 1.90. The van der Waals surface area contributed by atoms with Crippen molar-refractivity contribution >= 4 is 0 Å². The first-order valence-electron chi connectivity index (χ1n) is 6.17. The van der Waals surface area contributed by atoms with Gasteiger partial charge in [0, 0.05) is 24.4 Å². The fourth-order valence-corrected chi connectivity index (χ4v) is 2.12. The normalized spacial score (nSPS) is 22.5. The number of hydrogen-bond acceptors (Lipinski definition) is 3. The van der Waals surface area contributed by atoms with Crippen LogP contribution in [0.4, 0.5) is 0 Å². The molecule has 16 heavy (non-hydrogen) atoms. The number of hydrogen-bond donors (Lipinski definition) is 1. The van der Waals surface area contributed by atoms with Crippen LogP contribution < -0.4 is 5.32 Å². The molecule has 0 radical (unpaired) electrons. The Morgan fingerprint density at radius 3 is 3.25 bits per heavy atom. The maximum atomic E-state index is 5.60. The summed E-state index contributed by atoms with van der Waals surface area (Å²) in [6.07, 6.45) is 6.78.